The predicted molar refractivity (Wildman–Crippen MR) is 62.3 cm³/mol. The van der Waals surface area contributed by atoms with Crippen LogP contribution in [-0.4, -0.2) is 19.7 Å². The molecule has 17 heavy (non-hydrogen) atoms. The van der Waals surface area contributed by atoms with Crippen molar-refractivity contribution >= 4 is 11.2 Å². The maximum atomic E-state index is 5.33. The molecule has 1 saturated carbocycles. The molecule has 0 amide bonds. The van der Waals surface area contributed by atoms with Crippen LogP contribution < -0.4 is 0 Å². The summed E-state index contributed by atoms with van der Waals surface area (Å²) in [5.74, 6) is 2.33. The molecule has 0 spiro atoms. The highest BCUT2D eigenvalue weighted by molar-refractivity contribution is 5.74. The SMILES string of the molecule is c1coc(-c2nc3c(cnn3CC3CC3)[nH]2)c1. The van der Waals surface area contributed by atoms with Gasteiger partial charge in [-0.1, -0.05) is 0 Å². The van der Waals surface area contributed by atoms with Crippen LogP contribution in [0.1, 0.15) is 12.8 Å². The van der Waals surface area contributed by atoms with Gasteiger partial charge in [0.15, 0.2) is 17.2 Å². The Morgan fingerprint density at radius 1 is 1.47 bits per heavy atom. The molecule has 0 bridgehead atoms. The molecule has 0 radical (unpaired) electrons. The molecule has 5 heteroatoms. The first kappa shape index (κ1) is 9.04. The summed E-state index contributed by atoms with van der Waals surface area (Å²) in [7, 11) is 0. The van der Waals surface area contributed by atoms with Crippen LogP contribution in [0.4, 0.5) is 0 Å². The van der Waals surface area contributed by atoms with E-state index in [0.717, 1.165) is 35.2 Å². The minimum atomic E-state index is 0.763. The molecule has 3 heterocycles. The first-order valence-electron chi connectivity index (χ1n) is 5.85. The predicted octanol–water partition coefficient (Wildman–Crippen LogP) is 2.43. The normalized spacial score (nSPS) is 15.8. The van der Waals surface area contributed by atoms with Crippen LogP contribution in [0.25, 0.3) is 22.7 Å². The molecule has 3 aromatic rings. The quantitative estimate of drug-likeness (QED) is 0.749. The first-order valence-corrected chi connectivity index (χ1v) is 5.85. The van der Waals surface area contributed by atoms with Crippen molar-refractivity contribution in [3.63, 3.8) is 0 Å². The molecule has 1 aliphatic rings. The number of nitrogens with one attached hydrogen (secondary N) is 1. The van der Waals surface area contributed by atoms with Crippen molar-refractivity contribution < 1.29 is 4.42 Å². The molecule has 3 aromatic heterocycles. The van der Waals surface area contributed by atoms with Crippen molar-refractivity contribution in [3.8, 4) is 11.6 Å². The van der Waals surface area contributed by atoms with Crippen LogP contribution in [0, 0.1) is 5.92 Å². The number of hydrogen-bond donors (Lipinski definition) is 1. The lowest BCUT2D eigenvalue weighted by atomic mass is 10.4. The molecule has 1 N–H and O–H groups in total. The molecule has 4 rings (SSSR count). The summed E-state index contributed by atoms with van der Waals surface area (Å²) in [5.41, 5.74) is 1.89. The van der Waals surface area contributed by atoms with Crippen molar-refractivity contribution in [3.05, 3.63) is 24.6 Å². The molecule has 0 atom stereocenters. The third kappa shape index (κ3) is 1.46. The van der Waals surface area contributed by atoms with Crippen molar-refractivity contribution in [2.24, 2.45) is 5.92 Å². The van der Waals surface area contributed by atoms with Crippen LogP contribution in [0.15, 0.2) is 29.0 Å². The van der Waals surface area contributed by atoms with Crippen LogP contribution >= 0.6 is 0 Å². The van der Waals surface area contributed by atoms with Gasteiger partial charge in [-0.2, -0.15) is 5.10 Å². The van der Waals surface area contributed by atoms with E-state index in [9.17, 15) is 0 Å². The Hall–Kier alpha value is -2.04. The second-order valence-corrected chi connectivity index (χ2v) is 4.57. The fourth-order valence-electron chi connectivity index (χ4n) is 2.06. The summed E-state index contributed by atoms with van der Waals surface area (Å²) >= 11 is 0. The van der Waals surface area contributed by atoms with Crippen LogP contribution in [0.2, 0.25) is 0 Å². The number of nitrogens with zero attached hydrogens (tertiary/aromatic N) is 3. The molecule has 1 fully saturated rings. The maximum absolute atomic E-state index is 5.33. The molecule has 0 unspecified atom stereocenters. The standard InChI is InChI=1S/C12H12N4O/c1-2-10(17-5-1)11-14-9-6-13-16(12(9)15-11)7-8-3-4-8/h1-2,5-6,8H,3-4,7H2,(H,14,15). The molecule has 0 saturated heterocycles. The van der Waals surface area contributed by atoms with Gasteiger partial charge in [-0.15, -0.1) is 0 Å². The number of imidazole rings is 1. The fraction of sp³-hybridized carbons (Fsp3) is 0.333. The van der Waals surface area contributed by atoms with Crippen LogP contribution in [-0.2, 0) is 6.54 Å². The molecular formula is C12H12N4O. The van der Waals surface area contributed by atoms with Gasteiger partial charge in [-0.25, -0.2) is 9.67 Å². The molecular weight excluding hydrogens is 216 g/mol. The van der Waals surface area contributed by atoms with E-state index >= 15 is 0 Å². The highest BCUT2D eigenvalue weighted by Gasteiger charge is 2.23. The van der Waals surface area contributed by atoms with Gasteiger partial charge in [-0.05, 0) is 30.9 Å². The lowest BCUT2D eigenvalue weighted by Gasteiger charge is -1.97. The third-order valence-electron chi connectivity index (χ3n) is 3.17. The number of fused-ring (bicyclic) bond motifs is 1. The summed E-state index contributed by atoms with van der Waals surface area (Å²) in [4.78, 5) is 7.77. The molecule has 86 valence electrons. The van der Waals surface area contributed by atoms with Crippen molar-refractivity contribution in [1.29, 1.82) is 0 Å². The number of aromatic amines is 1. The van der Waals surface area contributed by atoms with Gasteiger partial charge in [0.05, 0.1) is 12.5 Å². The lowest BCUT2D eigenvalue weighted by Crippen LogP contribution is -2.01. The van der Waals surface area contributed by atoms with Gasteiger partial charge in [0.25, 0.3) is 0 Å². The Bertz CT molecular complexity index is 645. The number of hydrogen-bond acceptors (Lipinski definition) is 3. The Morgan fingerprint density at radius 2 is 2.41 bits per heavy atom. The zero-order valence-electron chi connectivity index (χ0n) is 9.26. The van der Waals surface area contributed by atoms with Gasteiger partial charge in [-0.3, -0.25) is 0 Å². The average molecular weight is 228 g/mol. The number of aromatic nitrogens is 4. The molecule has 5 nitrogen and oxygen atoms in total. The largest absolute Gasteiger partial charge is 0.461 e. The number of furan rings is 1. The molecule has 0 aromatic carbocycles. The number of H-pyrrole nitrogens is 1. The fourth-order valence-corrected chi connectivity index (χ4v) is 2.06. The summed E-state index contributed by atoms with van der Waals surface area (Å²) in [5, 5.41) is 4.35. The maximum Gasteiger partial charge on any atom is 0.176 e. The summed E-state index contributed by atoms with van der Waals surface area (Å²) in [6, 6.07) is 3.76. The molecule has 1 aliphatic carbocycles. The minimum absolute atomic E-state index is 0.763. The van der Waals surface area contributed by atoms with E-state index in [4.69, 9.17) is 4.42 Å². The van der Waals surface area contributed by atoms with E-state index in [2.05, 4.69) is 15.1 Å². The minimum Gasteiger partial charge on any atom is -0.461 e. The van der Waals surface area contributed by atoms with Crippen molar-refractivity contribution in [2.45, 2.75) is 19.4 Å². The Kier molecular flexibility index (Phi) is 1.72. The lowest BCUT2D eigenvalue weighted by molar-refractivity contribution is 0.571. The second-order valence-electron chi connectivity index (χ2n) is 4.57. The second kappa shape index (κ2) is 3.23. The van der Waals surface area contributed by atoms with Gasteiger partial charge in [0.2, 0.25) is 0 Å². The smallest absolute Gasteiger partial charge is 0.176 e. The van der Waals surface area contributed by atoms with Gasteiger partial charge < -0.3 is 9.40 Å². The van der Waals surface area contributed by atoms with Crippen molar-refractivity contribution in [1.82, 2.24) is 19.7 Å². The topological polar surface area (TPSA) is 59.6 Å². The van der Waals surface area contributed by atoms with E-state index in [-0.39, 0.29) is 0 Å². The van der Waals surface area contributed by atoms with E-state index in [1.54, 1.807) is 6.26 Å². The highest BCUT2D eigenvalue weighted by atomic mass is 16.3. The zero-order chi connectivity index (χ0) is 11.2. The zero-order valence-corrected chi connectivity index (χ0v) is 9.26. The van der Waals surface area contributed by atoms with Crippen LogP contribution in [0.3, 0.4) is 0 Å². The van der Waals surface area contributed by atoms with Crippen LogP contribution in [0.5, 0.6) is 0 Å². The summed E-state index contributed by atoms with van der Waals surface area (Å²) in [6.07, 6.45) is 6.11. The highest BCUT2D eigenvalue weighted by Crippen LogP contribution is 2.31. The third-order valence-corrected chi connectivity index (χ3v) is 3.17. The Balaban J connectivity index is 1.78. The van der Waals surface area contributed by atoms with E-state index in [0.29, 0.717) is 0 Å². The van der Waals surface area contributed by atoms with Gasteiger partial charge >= 0.3 is 0 Å². The number of rotatable bonds is 3. The van der Waals surface area contributed by atoms with Gasteiger partial charge in [0.1, 0.15) is 5.52 Å². The van der Waals surface area contributed by atoms with Crippen molar-refractivity contribution in [2.75, 3.05) is 0 Å². The summed E-state index contributed by atoms with van der Waals surface area (Å²) in [6.45, 7) is 0.978. The Morgan fingerprint density at radius 3 is 3.18 bits per heavy atom. The Labute approximate surface area is 97.5 Å². The summed E-state index contributed by atoms with van der Waals surface area (Å²) < 4.78 is 7.31. The monoisotopic (exact) mass is 228 g/mol. The average Bonchev–Trinajstić information content (AvgIpc) is 2.79. The van der Waals surface area contributed by atoms with E-state index in [1.807, 2.05) is 23.0 Å². The van der Waals surface area contributed by atoms with E-state index in [1.165, 1.54) is 12.8 Å². The van der Waals surface area contributed by atoms with Gasteiger partial charge in [0, 0.05) is 6.54 Å². The van der Waals surface area contributed by atoms with E-state index < -0.39 is 0 Å². The first-order chi connectivity index (χ1) is 8.40. The molecule has 0 aliphatic heterocycles.